The van der Waals surface area contributed by atoms with Gasteiger partial charge in [-0.15, -0.1) is 0 Å². The van der Waals surface area contributed by atoms with Gasteiger partial charge in [0.15, 0.2) is 0 Å². The first-order valence-electron chi connectivity index (χ1n) is 4.66. The van der Waals surface area contributed by atoms with Crippen molar-refractivity contribution in [3.8, 4) is 0 Å². The second kappa shape index (κ2) is 7.46. The van der Waals surface area contributed by atoms with Crippen molar-refractivity contribution in [1.82, 2.24) is 0 Å². The van der Waals surface area contributed by atoms with E-state index in [2.05, 4.69) is 0 Å². The van der Waals surface area contributed by atoms with Crippen LogP contribution < -0.4 is 11.5 Å². The third kappa shape index (κ3) is 5.38. The van der Waals surface area contributed by atoms with Gasteiger partial charge in [0.1, 0.15) is 0 Å². The summed E-state index contributed by atoms with van der Waals surface area (Å²) in [5, 5.41) is 0. The van der Waals surface area contributed by atoms with Gasteiger partial charge in [0.25, 0.3) is 0 Å². The zero-order valence-electron chi connectivity index (χ0n) is 8.82. The maximum Gasteiger partial charge on any atom is 0.324 e. The zero-order valence-corrected chi connectivity index (χ0v) is 9.98. The summed E-state index contributed by atoms with van der Waals surface area (Å²) in [7, 11) is 1.86. The Morgan fingerprint density at radius 3 is 2.15 bits per heavy atom. The second-order valence-electron chi connectivity index (χ2n) is 3.39. The smallest absolute Gasteiger partial charge is 0.324 e. The Hall–Kier alpha value is 0.0569. The Morgan fingerprint density at radius 1 is 1.31 bits per heavy atom. The van der Waals surface area contributed by atoms with E-state index < -0.39 is 9.28 Å². The van der Waals surface area contributed by atoms with Crippen LogP contribution in [0.25, 0.3) is 0 Å². The first-order valence-corrected chi connectivity index (χ1v) is 6.27. The summed E-state index contributed by atoms with van der Waals surface area (Å²) in [4.78, 5) is 0. The molecule has 0 aromatic rings. The minimum atomic E-state index is -1.54. The van der Waals surface area contributed by atoms with Crippen LogP contribution in [0.1, 0.15) is 19.8 Å². The highest BCUT2D eigenvalue weighted by Gasteiger charge is 2.24. The molecule has 0 spiro atoms. The third-order valence-electron chi connectivity index (χ3n) is 2.06. The van der Waals surface area contributed by atoms with Crippen LogP contribution in [0.15, 0.2) is 0 Å². The third-order valence-corrected chi connectivity index (χ3v) is 4.37. The Morgan fingerprint density at radius 2 is 1.85 bits per heavy atom. The van der Waals surface area contributed by atoms with Gasteiger partial charge in [0.2, 0.25) is 0 Å². The molecule has 2 atom stereocenters. The number of rotatable bonds is 7. The molecule has 2 unspecified atom stereocenters. The molecule has 0 fully saturated rings. The average molecular weight is 206 g/mol. The predicted octanol–water partition coefficient (Wildman–Crippen LogP) is -0.0440. The van der Waals surface area contributed by atoms with Crippen LogP contribution in [0.5, 0.6) is 0 Å². The van der Waals surface area contributed by atoms with Crippen molar-refractivity contribution in [2.45, 2.75) is 31.3 Å². The highest BCUT2D eigenvalue weighted by molar-refractivity contribution is 6.46. The molecule has 0 aliphatic carbocycles. The number of hydrogen-bond donors (Lipinski definition) is 2. The van der Waals surface area contributed by atoms with E-state index in [9.17, 15) is 0 Å². The van der Waals surface area contributed by atoms with Crippen LogP contribution in [-0.4, -0.2) is 36.1 Å². The van der Waals surface area contributed by atoms with E-state index in [1.54, 1.807) is 14.2 Å². The Bertz CT molecular complexity index is 121. The summed E-state index contributed by atoms with van der Waals surface area (Å²) in [6, 6.07) is 0.192. The van der Waals surface area contributed by atoms with Gasteiger partial charge in [-0.3, -0.25) is 0 Å². The van der Waals surface area contributed by atoms with Crippen molar-refractivity contribution >= 4 is 9.28 Å². The standard InChI is InChI=1S/C8H22N2O2Si/c1-7(10)6-8(4-5-9)13(11-2)12-3/h7-8,13H,4-6,9-10H2,1-3H3. The molecule has 0 saturated heterocycles. The lowest BCUT2D eigenvalue weighted by Crippen LogP contribution is -2.32. The summed E-state index contributed by atoms with van der Waals surface area (Å²) in [5.74, 6) is 0. The van der Waals surface area contributed by atoms with Crippen molar-refractivity contribution in [3.63, 3.8) is 0 Å². The second-order valence-corrected chi connectivity index (χ2v) is 6.01. The maximum atomic E-state index is 5.74. The summed E-state index contributed by atoms with van der Waals surface area (Å²) in [5.41, 5.74) is 11.7. The fourth-order valence-corrected chi connectivity index (χ4v) is 3.62. The van der Waals surface area contributed by atoms with Crippen molar-refractivity contribution < 1.29 is 8.85 Å². The SMILES string of the molecule is CO[SiH](OC)C(CCN)CC(C)N. The molecule has 0 aliphatic rings. The normalized spacial score (nSPS) is 16.2. The van der Waals surface area contributed by atoms with Crippen LogP contribution >= 0.6 is 0 Å². The lowest BCUT2D eigenvalue weighted by atomic mass is 10.1. The molecule has 0 heterocycles. The lowest BCUT2D eigenvalue weighted by molar-refractivity contribution is 0.258. The first kappa shape index (κ1) is 13.1. The van der Waals surface area contributed by atoms with Crippen LogP contribution in [0, 0.1) is 0 Å². The molecule has 5 heteroatoms. The van der Waals surface area contributed by atoms with E-state index >= 15 is 0 Å². The van der Waals surface area contributed by atoms with Crippen LogP contribution in [0.4, 0.5) is 0 Å². The van der Waals surface area contributed by atoms with Gasteiger partial charge in [-0.2, -0.15) is 0 Å². The van der Waals surface area contributed by atoms with Gasteiger partial charge in [0.05, 0.1) is 0 Å². The fourth-order valence-electron chi connectivity index (χ4n) is 1.54. The molecule has 13 heavy (non-hydrogen) atoms. The molecule has 0 bridgehead atoms. The highest BCUT2D eigenvalue weighted by atomic mass is 28.3. The van der Waals surface area contributed by atoms with Gasteiger partial charge in [-0.25, -0.2) is 0 Å². The molecule has 0 aromatic heterocycles. The van der Waals surface area contributed by atoms with Gasteiger partial charge in [0, 0.05) is 25.8 Å². The Balaban J connectivity index is 4.03. The first-order chi connectivity index (χ1) is 6.15. The van der Waals surface area contributed by atoms with Crippen LogP contribution in [0.2, 0.25) is 5.54 Å². The van der Waals surface area contributed by atoms with Crippen molar-refractivity contribution in [3.05, 3.63) is 0 Å². The molecule has 0 radical (unpaired) electrons. The quantitative estimate of drug-likeness (QED) is 0.573. The molecule has 0 amide bonds. The van der Waals surface area contributed by atoms with Gasteiger partial charge < -0.3 is 20.3 Å². The molecular weight excluding hydrogens is 184 g/mol. The number of nitrogens with two attached hydrogens (primary N) is 2. The summed E-state index contributed by atoms with van der Waals surface area (Å²) in [6.45, 7) is 2.67. The Labute approximate surface area is 82.4 Å². The van der Waals surface area contributed by atoms with E-state index in [1.807, 2.05) is 6.92 Å². The van der Waals surface area contributed by atoms with Gasteiger partial charge >= 0.3 is 9.28 Å². The molecule has 0 rings (SSSR count). The topological polar surface area (TPSA) is 70.5 Å². The molecular formula is C8H22N2O2Si. The Kier molecular flexibility index (Phi) is 7.49. The van der Waals surface area contributed by atoms with Crippen LogP contribution in [-0.2, 0) is 8.85 Å². The zero-order chi connectivity index (χ0) is 10.3. The molecule has 4 nitrogen and oxygen atoms in total. The van der Waals surface area contributed by atoms with Gasteiger partial charge in [-0.05, 0) is 26.3 Å². The van der Waals surface area contributed by atoms with Gasteiger partial charge in [-0.1, -0.05) is 0 Å². The molecule has 0 saturated carbocycles. The van der Waals surface area contributed by atoms with E-state index in [-0.39, 0.29) is 6.04 Å². The largest absolute Gasteiger partial charge is 0.400 e. The summed E-state index contributed by atoms with van der Waals surface area (Å²) in [6.07, 6.45) is 1.88. The minimum Gasteiger partial charge on any atom is -0.400 e. The number of hydrogen-bond acceptors (Lipinski definition) is 4. The van der Waals surface area contributed by atoms with E-state index in [1.165, 1.54) is 0 Å². The maximum absolute atomic E-state index is 5.74. The molecule has 0 aliphatic heterocycles. The van der Waals surface area contributed by atoms with E-state index in [0.29, 0.717) is 12.1 Å². The van der Waals surface area contributed by atoms with E-state index in [4.69, 9.17) is 20.3 Å². The fraction of sp³-hybridized carbons (Fsp3) is 1.00. The van der Waals surface area contributed by atoms with Crippen molar-refractivity contribution in [2.75, 3.05) is 20.8 Å². The molecule has 80 valence electrons. The van der Waals surface area contributed by atoms with Crippen molar-refractivity contribution in [2.24, 2.45) is 11.5 Å². The lowest BCUT2D eigenvalue weighted by Gasteiger charge is -2.23. The molecule has 4 N–H and O–H groups in total. The summed E-state index contributed by atoms with van der Waals surface area (Å²) < 4.78 is 10.6. The summed E-state index contributed by atoms with van der Waals surface area (Å²) >= 11 is 0. The van der Waals surface area contributed by atoms with Crippen molar-refractivity contribution in [1.29, 1.82) is 0 Å². The molecule has 0 aromatic carbocycles. The van der Waals surface area contributed by atoms with E-state index in [0.717, 1.165) is 12.8 Å². The predicted molar refractivity (Wildman–Crippen MR) is 56.9 cm³/mol. The monoisotopic (exact) mass is 206 g/mol. The minimum absolute atomic E-state index is 0.192. The van der Waals surface area contributed by atoms with Crippen LogP contribution in [0.3, 0.4) is 0 Å². The average Bonchev–Trinajstić information content (AvgIpc) is 2.05. The highest BCUT2D eigenvalue weighted by Crippen LogP contribution is 2.21.